The first-order valence-corrected chi connectivity index (χ1v) is 6.81. The van der Waals surface area contributed by atoms with E-state index < -0.39 is 0 Å². The molecular weight excluding hydrogens is 250 g/mol. The fourth-order valence-electron chi connectivity index (χ4n) is 1.73. The van der Waals surface area contributed by atoms with Crippen molar-refractivity contribution in [3.63, 3.8) is 0 Å². The van der Waals surface area contributed by atoms with Crippen molar-refractivity contribution in [2.75, 3.05) is 5.32 Å². The van der Waals surface area contributed by atoms with Crippen LogP contribution in [0.15, 0.2) is 48.5 Å². The van der Waals surface area contributed by atoms with Gasteiger partial charge in [-0.1, -0.05) is 18.2 Å². The molecule has 1 N–H and O–H groups in total. The van der Waals surface area contributed by atoms with Gasteiger partial charge in [0.25, 0.3) is 0 Å². The van der Waals surface area contributed by atoms with Gasteiger partial charge < -0.3 is 10.1 Å². The number of ether oxygens (including phenoxy) is 1. The number of anilines is 2. The summed E-state index contributed by atoms with van der Waals surface area (Å²) in [6.45, 7) is 6.11. The van der Waals surface area contributed by atoms with Crippen LogP contribution in [0.3, 0.4) is 0 Å². The first-order chi connectivity index (χ1) is 8.94. The van der Waals surface area contributed by atoms with E-state index in [-0.39, 0.29) is 5.60 Å². The lowest BCUT2D eigenvalue weighted by Gasteiger charge is -2.22. The SMILES string of the molecule is CC(C)(C)Oc1ccc(Nc2ccccc2)c([Si])c1. The highest BCUT2D eigenvalue weighted by Gasteiger charge is 2.12. The molecule has 0 fully saturated rings. The smallest absolute Gasteiger partial charge is 0.120 e. The van der Waals surface area contributed by atoms with Crippen molar-refractivity contribution in [3.05, 3.63) is 48.5 Å². The first kappa shape index (κ1) is 13.7. The van der Waals surface area contributed by atoms with E-state index in [9.17, 15) is 0 Å². The molecule has 2 rings (SSSR count). The van der Waals surface area contributed by atoms with Crippen LogP contribution in [-0.2, 0) is 0 Å². The number of hydrogen-bond acceptors (Lipinski definition) is 2. The lowest BCUT2D eigenvalue weighted by atomic mass is 10.2. The van der Waals surface area contributed by atoms with Gasteiger partial charge in [-0.05, 0) is 56.3 Å². The number of rotatable bonds is 3. The molecule has 19 heavy (non-hydrogen) atoms. The Labute approximate surface area is 118 Å². The van der Waals surface area contributed by atoms with Gasteiger partial charge in [0.1, 0.15) is 11.4 Å². The molecule has 3 heteroatoms. The van der Waals surface area contributed by atoms with E-state index in [0.29, 0.717) is 0 Å². The van der Waals surface area contributed by atoms with Crippen molar-refractivity contribution in [2.45, 2.75) is 26.4 Å². The summed E-state index contributed by atoms with van der Waals surface area (Å²) >= 11 is 0. The summed E-state index contributed by atoms with van der Waals surface area (Å²) in [5, 5.41) is 4.34. The fourth-order valence-corrected chi connectivity index (χ4v) is 2.01. The van der Waals surface area contributed by atoms with Gasteiger partial charge in [0.2, 0.25) is 0 Å². The molecule has 0 saturated carbocycles. The van der Waals surface area contributed by atoms with E-state index in [1.165, 1.54) is 0 Å². The summed E-state index contributed by atoms with van der Waals surface area (Å²) in [6, 6.07) is 16.0. The maximum atomic E-state index is 5.83. The zero-order valence-corrected chi connectivity index (χ0v) is 12.5. The van der Waals surface area contributed by atoms with E-state index in [4.69, 9.17) is 4.74 Å². The number of hydrogen-bond donors (Lipinski definition) is 1. The van der Waals surface area contributed by atoms with Crippen molar-refractivity contribution >= 4 is 26.8 Å². The Bertz CT molecular complexity index is 546. The molecule has 0 aliphatic carbocycles. The van der Waals surface area contributed by atoms with E-state index in [0.717, 1.165) is 22.3 Å². The van der Waals surface area contributed by atoms with Crippen molar-refractivity contribution in [3.8, 4) is 5.75 Å². The van der Waals surface area contributed by atoms with Gasteiger partial charge in [-0.2, -0.15) is 0 Å². The molecule has 0 aliphatic rings. The molecule has 0 atom stereocenters. The van der Waals surface area contributed by atoms with E-state index in [2.05, 4.69) is 15.6 Å². The molecule has 0 saturated heterocycles. The third-order valence-corrected chi connectivity index (χ3v) is 2.88. The zero-order valence-electron chi connectivity index (χ0n) is 11.5. The molecule has 0 amide bonds. The molecular formula is C16H18NOSi. The second-order valence-corrected chi connectivity index (χ2v) is 5.95. The predicted molar refractivity (Wildman–Crippen MR) is 81.9 cm³/mol. The van der Waals surface area contributed by atoms with Gasteiger partial charge in [0, 0.05) is 11.4 Å². The van der Waals surface area contributed by atoms with Gasteiger partial charge in [-0.25, -0.2) is 0 Å². The highest BCUT2D eigenvalue weighted by molar-refractivity contribution is 6.36. The Kier molecular flexibility index (Phi) is 3.95. The standard InChI is InChI=1S/C16H18NOSi/c1-16(2,3)18-13-9-10-14(15(19)11-13)17-12-7-5-4-6-8-12/h4-11,17H,1-3H3. The quantitative estimate of drug-likeness (QED) is 0.861. The first-order valence-electron chi connectivity index (χ1n) is 6.31. The molecule has 3 radical (unpaired) electrons. The van der Waals surface area contributed by atoms with Crippen LogP contribution in [0.2, 0.25) is 0 Å². The lowest BCUT2D eigenvalue weighted by Crippen LogP contribution is -2.23. The highest BCUT2D eigenvalue weighted by Crippen LogP contribution is 2.20. The summed E-state index contributed by atoms with van der Waals surface area (Å²) in [5.41, 5.74) is 1.89. The zero-order chi connectivity index (χ0) is 13.9. The normalized spacial score (nSPS) is 11.2. The average molecular weight is 268 g/mol. The third kappa shape index (κ3) is 4.14. The summed E-state index contributed by atoms with van der Waals surface area (Å²) in [7, 11) is 3.62. The third-order valence-electron chi connectivity index (χ3n) is 2.47. The summed E-state index contributed by atoms with van der Waals surface area (Å²) < 4.78 is 5.83. The van der Waals surface area contributed by atoms with Crippen LogP contribution in [0.5, 0.6) is 5.75 Å². The monoisotopic (exact) mass is 268 g/mol. The van der Waals surface area contributed by atoms with Crippen molar-refractivity contribution in [1.82, 2.24) is 0 Å². The minimum atomic E-state index is -0.187. The fraction of sp³-hybridized carbons (Fsp3) is 0.250. The Morgan fingerprint density at radius 3 is 2.26 bits per heavy atom. The summed E-state index contributed by atoms with van der Waals surface area (Å²) in [5.74, 6) is 0.858. The number of para-hydroxylation sites is 1. The van der Waals surface area contributed by atoms with Crippen LogP contribution in [0, 0.1) is 0 Å². The van der Waals surface area contributed by atoms with Gasteiger partial charge in [-0.3, -0.25) is 0 Å². The molecule has 97 valence electrons. The minimum Gasteiger partial charge on any atom is -0.488 e. The second kappa shape index (κ2) is 5.49. The van der Waals surface area contributed by atoms with Crippen LogP contribution in [0.25, 0.3) is 0 Å². The molecule has 2 aromatic carbocycles. The molecule has 0 aromatic heterocycles. The van der Waals surface area contributed by atoms with E-state index in [1.54, 1.807) is 0 Å². The molecule has 0 aliphatic heterocycles. The molecule has 0 unspecified atom stereocenters. The van der Waals surface area contributed by atoms with Crippen LogP contribution < -0.4 is 15.2 Å². The van der Waals surface area contributed by atoms with Crippen molar-refractivity contribution in [2.24, 2.45) is 0 Å². The Morgan fingerprint density at radius 1 is 1.00 bits per heavy atom. The molecule has 0 bridgehead atoms. The van der Waals surface area contributed by atoms with Crippen molar-refractivity contribution in [1.29, 1.82) is 0 Å². The maximum Gasteiger partial charge on any atom is 0.120 e. The topological polar surface area (TPSA) is 21.3 Å². The summed E-state index contributed by atoms with van der Waals surface area (Å²) in [6.07, 6.45) is 0. The number of nitrogens with one attached hydrogen (secondary N) is 1. The van der Waals surface area contributed by atoms with Gasteiger partial charge in [-0.15, -0.1) is 0 Å². The van der Waals surface area contributed by atoms with Crippen LogP contribution in [0.1, 0.15) is 20.8 Å². The predicted octanol–water partition coefficient (Wildman–Crippen LogP) is 3.40. The summed E-state index contributed by atoms with van der Waals surface area (Å²) in [4.78, 5) is 0. The van der Waals surface area contributed by atoms with Gasteiger partial charge in [0.15, 0.2) is 0 Å². The van der Waals surface area contributed by atoms with Crippen LogP contribution in [0.4, 0.5) is 11.4 Å². The minimum absolute atomic E-state index is 0.187. The van der Waals surface area contributed by atoms with Gasteiger partial charge >= 0.3 is 0 Å². The molecule has 2 nitrogen and oxygen atoms in total. The van der Waals surface area contributed by atoms with Crippen LogP contribution in [-0.4, -0.2) is 15.8 Å². The van der Waals surface area contributed by atoms with Crippen molar-refractivity contribution < 1.29 is 4.74 Å². The Balaban J connectivity index is 2.16. The molecule has 2 aromatic rings. The second-order valence-electron chi connectivity index (χ2n) is 5.41. The van der Waals surface area contributed by atoms with E-state index in [1.807, 2.05) is 69.3 Å². The average Bonchev–Trinajstić information content (AvgIpc) is 2.32. The van der Waals surface area contributed by atoms with E-state index >= 15 is 0 Å². The Morgan fingerprint density at radius 2 is 1.68 bits per heavy atom. The molecule has 0 spiro atoms. The maximum absolute atomic E-state index is 5.83. The number of benzene rings is 2. The van der Waals surface area contributed by atoms with Crippen LogP contribution >= 0.6 is 0 Å². The highest BCUT2D eigenvalue weighted by atomic mass is 28.1. The molecule has 0 heterocycles. The lowest BCUT2D eigenvalue weighted by molar-refractivity contribution is 0.131. The Hall–Kier alpha value is -1.74. The largest absolute Gasteiger partial charge is 0.488 e. The van der Waals surface area contributed by atoms with Gasteiger partial charge in [0.05, 0.1) is 10.2 Å².